The van der Waals surface area contributed by atoms with E-state index >= 15 is 0 Å². The Balaban J connectivity index is 1.28. The van der Waals surface area contributed by atoms with Crippen molar-refractivity contribution < 1.29 is 9.18 Å². The maximum absolute atomic E-state index is 13.4. The number of rotatable bonds is 5. The van der Waals surface area contributed by atoms with Gasteiger partial charge in [-0.25, -0.2) is 9.07 Å². The third-order valence-corrected chi connectivity index (χ3v) is 7.88. The van der Waals surface area contributed by atoms with Crippen LogP contribution in [0.3, 0.4) is 0 Å². The van der Waals surface area contributed by atoms with Crippen LogP contribution >= 0.6 is 23.1 Å². The van der Waals surface area contributed by atoms with E-state index in [4.69, 9.17) is 4.98 Å². The second kappa shape index (κ2) is 9.52. The highest BCUT2D eigenvalue weighted by molar-refractivity contribution is 8.00. The molecule has 4 aromatic rings. The third-order valence-electron chi connectivity index (χ3n) is 5.67. The summed E-state index contributed by atoms with van der Waals surface area (Å²) in [5.74, 6) is 0.360. The molecule has 0 saturated carbocycles. The average Bonchev–Trinajstić information content (AvgIpc) is 3.29. The van der Waals surface area contributed by atoms with Gasteiger partial charge in [0.2, 0.25) is 5.91 Å². The zero-order valence-corrected chi connectivity index (χ0v) is 19.9. The van der Waals surface area contributed by atoms with Gasteiger partial charge in [-0.05, 0) is 49.7 Å². The van der Waals surface area contributed by atoms with E-state index in [0.717, 1.165) is 57.8 Å². The van der Waals surface area contributed by atoms with Gasteiger partial charge < -0.3 is 9.80 Å². The summed E-state index contributed by atoms with van der Waals surface area (Å²) in [4.78, 5) is 23.0. The highest BCUT2D eigenvalue weighted by Crippen LogP contribution is 2.33. The predicted molar refractivity (Wildman–Crippen MR) is 132 cm³/mol. The van der Waals surface area contributed by atoms with Crippen LogP contribution in [-0.4, -0.2) is 57.5 Å². The van der Waals surface area contributed by atoms with E-state index in [1.54, 1.807) is 39.9 Å². The molecule has 0 N–H and O–H groups in total. The van der Waals surface area contributed by atoms with Gasteiger partial charge in [0.1, 0.15) is 5.82 Å². The van der Waals surface area contributed by atoms with Gasteiger partial charge in [-0.2, -0.15) is 10.1 Å². The lowest BCUT2D eigenvalue weighted by molar-refractivity contribution is -0.128. The molecule has 9 heteroatoms. The van der Waals surface area contributed by atoms with Crippen LogP contribution in [0.4, 0.5) is 9.52 Å². The van der Waals surface area contributed by atoms with Crippen LogP contribution in [0.15, 0.2) is 59.5 Å². The molecule has 5 rings (SSSR count). The normalized spacial score (nSPS) is 14.6. The number of anilines is 1. The molecule has 0 radical (unpaired) electrons. The van der Waals surface area contributed by atoms with Gasteiger partial charge in [0.15, 0.2) is 10.8 Å². The average molecular weight is 482 g/mol. The molecule has 1 aliphatic rings. The summed E-state index contributed by atoms with van der Waals surface area (Å²) < 4.78 is 16.2. The SMILES string of the molecule is Cc1nn(-c2ccc(F)cc2)c2nc(N3CCCN(C(=O)CSc4ccccc4)CC3)sc12. The van der Waals surface area contributed by atoms with E-state index in [1.807, 2.05) is 42.2 Å². The number of nitrogens with zero attached hydrogens (tertiary/aromatic N) is 5. The topological polar surface area (TPSA) is 54.3 Å². The number of hydrogen-bond donors (Lipinski definition) is 0. The van der Waals surface area contributed by atoms with Crippen molar-refractivity contribution in [1.29, 1.82) is 0 Å². The Labute approximate surface area is 200 Å². The molecule has 2 aromatic heterocycles. The molecule has 1 fully saturated rings. The maximum Gasteiger partial charge on any atom is 0.232 e. The van der Waals surface area contributed by atoms with Crippen LogP contribution in [0.25, 0.3) is 16.0 Å². The van der Waals surface area contributed by atoms with Crippen LogP contribution < -0.4 is 4.90 Å². The van der Waals surface area contributed by atoms with E-state index in [2.05, 4.69) is 10.00 Å². The highest BCUT2D eigenvalue weighted by atomic mass is 32.2. The first-order valence-electron chi connectivity index (χ1n) is 10.9. The largest absolute Gasteiger partial charge is 0.346 e. The number of aromatic nitrogens is 3. The number of carbonyl (C=O) groups is 1. The number of fused-ring (bicyclic) bond motifs is 1. The minimum Gasteiger partial charge on any atom is -0.346 e. The molecule has 0 atom stereocenters. The summed E-state index contributed by atoms with van der Waals surface area (Å²) in [5, 5.41) is 5.54. The molecule has 1 aliphatic heterocycles. The van der Waals surface area contributed by atoms with E-state index in [9.17, 15) is 9.18 Å². The van der Waals surface area contributed by atoms with E-state index in [1.165, 1.54) is 12.1 Å². The first-order chi connectivity index (χ1) is 16.1. The zero-order valence-electron chi connectivity index (χ0n) is 18.3. The minimum absolute atomic E-state index is 0.179. The Morgan fingerprint density at radius 2 is 1.85 bits per heavy atom. The summed E-state index contributed by atoms with van der Waals surface area (Å²) in [5.41, 5.74) is 2.48. The lowest BCUT2D eigenvalue weighted by Crippen LogP contribution is -2.36. The van der Waals surface area contributed by atoms with Crippen LogP contribution in [0.5, 0.6) is 0 Å². The van der Waals surface area contributed by atoms with Gasteiger partial charge in [-0.1, -0.05) is 29.5 Å². The van der Waals surface area contributed by atoms with Crippen LogP contribution in [0.1, 0.15) is 12.1 Å². The third kappa shape index (κ3) is 4.74. The molecular weight excluding hydrogens is 457 g/mol. The molecule has 2 aromatic carbocycles. The Hall–Kier alpha value is -2.91. The monoisotopic (exact) mass is 481 g/mol. The van der Waals surface area contributed by atoms with Crippen molar-refractivity contribution in [3.05, 3.63) is 66.1 Å². The summed E-state index contributed by atoms with van der Waals surface area (Å²) >= 11 is 3.21. The van der Waals surface area contributed by atoms with Gasteiger partial charge in [0.05, 0.1) is 21.8 Å². The molecule has 0 aliphatic carbocycles. The molecule has 3 heterocycles. The molecule has 33 heavy (non-hydrogen) atoms. The lowest BCUT2D eigenvalue weighted by Gasteiger charge is -2.21. The molecule has 1 saturated heterocycles. The Morgan fingerprint density at radius 1 is 1.06 bits per heavy atom. The number of thiazole rings is 1. The van der Waals surface area contributed by atoms with Gasteiger partial charge in [-0.3, -0.25) is 4.79 Å². The lowest BCUT2D eigenvalue weighted by atomic mass is 10.3. The summed E-state index contributed by atoms with van der Waals surface area (Å²) in [6.45, 7) is 5.03. The number of benzene rings is 2. The molecular formula is C24H24FN5OS2. The molecule has 0 bridgehead atoms. The molecule has 170 valence electrons. The van der Waals surface area contributed by atoms with Gasteiger partial charge in [0, 0.05) is 31.1 Å². The van der Waals surface area contributed by atoms with Crippen molar-refractivity contribution in [2.45, 2.75) is 18.2 Å². The van der Waals surface area contributed by atoms with Crippen molar-refractivity contribution in [3.8, 4) is 5.69 Å². The molecule has 0 spiro atoms. The Bertz CT molecular complexity index is 1260. The fourth-order valence-electron chi connectivity index (χ4n) is 3.93. The second-order valence-corrected chi connectivity index (χ2v) is 9.97. The molecule has 0 unspecified atom stereocenters. The van der Waals surface area contributed by atoms with Crippen molar-refractivity contribution in [3.63, 3.8) is 0 Å². The zero-order chi connectivity index (χ0) is 22.8. The van der Waals surface area contributed by atoms with E-state index < -0.39 is 0 Å². The molecule has 1 amide bonds. The summed E-state index contributed by atoms with van der Waals surface area (Å²) in [7, 11) is 0. The number of hydrogen-bond acceptors (Lipinski definition) is 6. The van der Waals surface area contributed by atoms with Crippen molar-refractivity contribution in [2.75, 3.05) is 36.8 Å². The Morgan fingerprint density at radius 3 is 2.64 bits per heavy atom. The summed E-state index contributed by atoms with van der Waals surface area (Å²) in [6.07, 6.45) is 0.904. The predicted octanol–water partition coefficient (Wildman–Crippen LogP) is 4.76. The quantitative estimate of drug-likeness (QED) is 0.385. The summed E-state index contributed by atoms with van der Waals surface area (Å²) in [6, 6.07) is 16.3. The first-order valence-corrected chi connectivity index (χ1v) is 12.7. The van der Waals surface area contributed by atoms with Gasteiger partial charge in [0.25, 0.3) is 0 Å². The Kier molecular flexibility index (Phi) is 6.32. The minimum atomic E-state index is -0.274. The fourth-order valence-corrected chi connectivity index (χ4v) is 5.79. The fraction of sp³-hybridized carbons (Fsp3) is 0.292. The van der Waals surface area contributed by atoms with Crippen LogP contribution in [0, 0.1) is 12.7 Å². The highest BCUT2D eigenvalue weighted by Gasteiger charge is 2.23. The van der Waals surface area contributed by atoms with Crippen LogP contribution in [0.2, 0.25) is 0 Å². The van der Waals surface area contributed by atoms with Gasteiger partial charge >= 0.3 is 0 Å². The molecule has 6 nitrogen and oxygen atoms in total. The number of thioether (sulfide) groups is 1. The second-order valence-electron chi connectivity index (χ2n) is 7.95. The standard InChI is InChI=1S/C24H24FN5OS2/c1-17-22-23(30(27-17)19-10-8-18(25)9-11-19)26-24(33-22)29-13-5-12-28(14-15-29)21(31)16-32-20-6-3-2-4-7-20/h2-4,6-11H,5,12-16H2,1H3. The van der Waals surface area contributed by atoms with E-state index in [-0.39, 0.29) is 11.7 Å². The van der Waals surface area contributed by atoms with Gasteiger partial charge in [-0.15, -0.1) is 11.8 Å². The van der Waals surface area contributed by atoms with Crippen molar-refractivity contribution >= 4 is 44.5 Å². The smallest absolute Gasteiger partial charge is 0.232 e. The van der Waals surface area contributed by atoms with E-state index in [0.29, 0.717) is 12.3 Å². The maximum atomic E-state index is 13.4. The first kappa shape index (κ1) is 21.9. The number of halogens is 1. The number of carbonyl (C=O) groups excluding carboxylic acids is 1. The number of aryl methyl sites for hydroxylation is 1. The number of amides is 1. The van der Waals surface area contributed by atoms with Crippen molar-refractivity contribution in [2.24, 2.45) is 0 Å². The van der Waals surface area contributed by atoms with Crippen LogP contribution in [-0.2, 0) is 4.79 Å². The van der Waals surface area contributed by atoms with Crippen molar-refractivity contribution in [1.82, 2.24) is 19.7 Å².